The number of para-hydroxylation sites is 2. The molecule has 0 unspecified atom stereocenters. The molecule has 2 nitrogen and oxygen atoms in total. The number of nitrogens with one attached hydrogen (secondary N) is 1. The number of aryl methyl sites for hydroxylation is 2. The number of benzene rings is 2. The molecule has 0 fully saturated rings. The first kappa shape index (κ1) is 12.5. The van der Waals surface area contributed by atoms with Crippen LogP contribution in [-0.4, -0.2) is 13.2 Å². The monoisotopic (exact) mass is 241 g/mol. The van der Waals surface area contributed by atoms with E-state index in [2.05, 4.69) is 37.4 Å². The van der Waals surface area contributed by atoms with E-state index >= 15 is 0 Å². The van der Waals surface area contributed by atoms with Gasteiger partial charge in [-0.1, -0.05) is 36.4 Å². The molecular weight excluding hydrogens is 222 g/mol. The average Bonchev–Trinajstić information content (AvgIpc) is 2.38. The van der Waals surface area contributed by atoms with Crippen LogP contribution in [0.5, 0.6) is 5.75 Å². The van der Waals surface area contributed by atoms with Crippen LogP contribution in [-0.2, 0) is 0 Å². The van der Waals surface area contributed by atoms with Crippen LogP contribution in [0, 0.1) is 13.8 Å². The number of hydrogen-bond acceptors (Lipinski definition) is 2. The Balaban J connectivity index is 1.82. The molecule has 0 radical (unpaired) electrons. The first-order chi connectivity index (χ1) is 8.77. The Bertz CT molecular complexity index is 473. The van der Waals surface area contributed by atoms with Crippen molar-refractivity contribution in [2.24, 2.45) is 0 Å². The Morgan fingerprint density at radius 1 is 0.889 bits per heavy atom. The third kappa shape index (κ3) is 3.27. The van der Waals surface area contributed by atoms with Crippen molar-refractivity contribution in [3.8, 4) is 5.75 Å². The Hall–Kier alpha value is -1.96. The fraction of sp³-hybridized carbons (Fsp3) is 0.250. The minimum atomic E-state index is 0.664. The van der Waals surface area contributed by atoms with Gasteiger partial charge in [-0.3, -0.25) is 0 Å². The fourth-order valence-electron chi connectivity index (χ4n) is 1.95. The summed E-state index contributed by atoms with van der Waals surface area (Å²) in [5, 5.41) is 3.43. The summed E-state index contributed by atoms with van der Waals surface area (Å²) in [7, 11) is 0. The van der Waals surface area contributed by atoms with E-state index in [0.29, 0.717) is 6.61 Å². The van der Waals surface area contributed by atoms with Crippen LogP contribution in [0.1, 0.15) is 11.1 Å². The molecule has 0 aliphatic carbocycles. The summed E-state index contributed by atoms with van der Waals surface area (Å²) in [4.78, 5) is 0. The molecule has 1 N–H and O–H groups in total. The summed E-state index contributed by atoms with van der Waals surface area (Å²) in [6.07, 6.45) is 0. The molecule has 0 saturated carbocycles. The Labute approximate surface area is 109 Å². The minimum absolute atomic E-state index is 0.664. The van der Waals surface area contributed by atoms with Gasteiger partial charge in [-0.25, -0.2) is 0 Å². The fourth-order valence-corrected chi connectivity index (χ4v) is 1.95. The molecule has 0 saturated heterocycles. The Morgan fingerprint density at radius 3 is 2.22 bits per heavy atom. The van der Waals surface area contributed by atoms with Crippen molar-refractivity contribution in [3.05, 3.63) is 59.7 Å². The van der Waals surface area contributed by atoms with E-state index in [4.69, 9.17) is 4.74 Å². The maximum Gasteiger partial charge on any atom is 0.119 e. The van der Waals surface area contributed by atoms with Crippen molar-refractivity contribution in [1.82, 2.24) is 0 Å². The standard InChI is InChI=1S/C16H19NO/c1-13-7-6-8-14(2)16(13)17-11-12-18-15-9-4-3-5-10-15/h3-10,17H,11-12H2,1-2H3. The van der Waals surface area contributed by atoms with Crippen molar-refractivity contribution in [2.75, 3.05) is 18.5 Å². The smallest absolute Gasteiger partial charge is 0.119 e. The quantitative estimate of drug-likeness (QED) is 0.804. The van der Waals surface area contributed by atoms with Crippen LogP contribution >= 0.6 is 0 Å². The number of anilines is 1. The van der Waals surface area contributed by atoms with E-state index in [-0.39, 0.29) is 0 Å². The number of ether oxygens (including phenoxy) is 1. The molecular formula is C16H19NO. The Kier molecular flexibility index (Phi) is 4.24. The van der Waals surface area contributed by atoms with Crippen molar-refractivity contribution < 1.29 is 4.74 Å². The third-order valence-electron chi connectivity index (χ3n) is 2.90. The summed E-state index contributed by atoms with van der Waals surface area (Å²) < 4.78 is 5.64. The molecule has 18 heavy (non-hydrogen) atoms. The highest BCUT2D eigenvalue weighted by Gasteiger charge is 2.00. The average molecular weight is 241 g/mol. The van der Waals surface area contributed by atoms with E-state index in [1.54, 1.807) is 0 Å². The highest BCUT2D eigenvalue weighted by atomic mass is 16.5. The molecule has 0 aliphatic heterocycles. The molecule has 94 valence electrons. The molecule has 2 aromatic carbocycles. The normalized spacial score (nSPS) is 10.1. The van der Waals surface area contributed by atoms with Gasteiger partial charge in [0.1, 0.15) is 12.4 Å². The van der Waals surface area contributed by atoms with Crippen molar-refractivity contribution in [1.29, 1.82) is 0 Å². The van der Waals surface area contributed by atoms with E-state index in [0.717, 1.165) is 12.3 Å². The minimum Gasteiger partial charge on any atom is -0.492 e. The molecule has 0 amide bonds. The van der Waals surface area contributed by atoms with E-state index in [1.165, 1.54) is 16.8 Å². The second kappa shape index (κ2) is 6.10. The predicted molar refractivity (Wildman–Crippen MR) is 76.3 cm³/mol. The zero-order chi connectivity index (χ0) is 12.8. The zero-order valence-corrected chi connectivity index (χ0v) is 10.9. The summed E-state index contributed by atoms with van der Waals surface area (Å²) in [5.74, 6) is 0.917. The SMILES string of the molecule is Cc1cccc(C)c1NCCOc1ccccc1. The lowest BCUT2D eigenvalue weighted by molar-refractivity contribution is 0.333. The van der Waals surface area contributed by atoms with Gasteiger partial charge in [-0.05, 0) is 37.1 Å². The van der Waals surface area contributed by atoms with Gasteiger partial charge in [0.2, 0.25) is 0 Å². The largest absolute Gasteiger partial charge is 0.492 e. The summed E-state index contributed by atoms with van der Waals surface area (Å²) >= 11 is 0. The molecule has 0 aliphatic rings. The van der Waals surface area contributed by atoms with Gasteiger partial charge in [0.05, 0.1) is 0 Å². The van der Waals surface area contributed by atoms with Gasteiger partial charge in [-0.15, -0.1) is 0 Å². The van der Waals surface area contributed by atoms with Gasteiger partial charge < -0.3 is 10.1 Å². The first-order valence-electron chi connectivity index (χ1n) is 6.25. The second-order valence-electron chi connectivity index (χ2n) is 4.36. The van der Waals surface area contributed by atoms with Gasteiger partial charge in [-0.2, -0.15) is 0 Å². The molecule has 2 aromatic rings. The van der Waals surface area contributed by atoms with E-state index in [1.807, 2.05) is 30.3 Å². The van der Waals surface area contributed by atoms with E-state index < -0.39 is 0 Å². The predicted octanol–water partition coefficient (Wildman–Crippen LogP) is 3.79. The van der Waals surface area contributed by atoms with Crippen molar-refractivity contribution in [2.45, 2.75) is 13.8 Å². The second-order valence-corrected chi connectivity index (χ2v) is 4.36. The van der Waals surface area contributed by atoms with Gasteiger partial charge in [0.15, 0.2) is 0 Å². The van der Waals surface area contributed by atoms with Gasteiger partial charge in [0, 0.05) is 12.2 Å². The summed E-state index contributed by atoms with van der Waals surface area (Å²) in [5.41, 5.74) is 3.76. The maximum atomic E-state index is 5.64. The van der Waals surface area contributed by atoms with Gasteiger partial charge in [0.25, 0.3) is 0 Å². The summed E-state index contributed by atoms with van der Waals surface area (Å²) in [6, 6.07) is 16.2. The first-order valence-corrected chi connectivity index (χ1v) is 6.25. The van der Waals surface area contributed by atoms with Crippen LogP contribution in [0.2, 0.25) is 0 Å². The maximum absolute atomic E-state index is 5.64. The molecule has 0 heterocycles. The highest BCUT2D eigenvalue weighted by Crippen LogP contribution is 2.18. The number of hydrogen-bond donors (Lipinski definition) is 1. The molecule has 0 bridgehead atoms. The number of rotatable bonds is 5. The lowest BCUT2D eigenvalue weighted by atomic mass is 10.1. The highest BCUT2D eigenvalue weighted by molar-refractivity contribution is 5.56. The molecule has 2 rings (SSSR count). The third-order valence-corrected chi connectivity index (χ3v) is 2.90. The molecule has 2 heteroatoms. The lowest BCUT2D eigenvalue weighted by Gasteiger charge is -2.13. The lowest BCUT2D eigenvalue weighted by Crippen LogP contribution is -2.12. The van der Waals surface area contributed by atoms with Crippen molar-refractivity contribution >= 4 is 5.69 Å². The van der Waals surface area contributed by atoms with Crippen LogP contribution < -0.4 is 10.1 Å². The zero-order valence-electron chi connectivity index (χ0n) is 10.9. The Morgan fingerprint density at radius 2 is 1.56 bits per heavy atom. The molecule has 0 atom stereocenters. The van der Waals surface area contributed by atoms with Crippen LogP contribution in [0.25, 0.3) is 0 Å². The van der Waals surface area contributed by atoms with Crippen LogP contribution in [0.15, 0.2) is 48.5 Å². The van der Waals surface area contributed by atoms with Crippen molar-refractivity contribution in [3.63, 3.8) is 0 Å². The molecule has 0 aromatic heterocycles. The van der Waals surface area contributed by atoms with Crippen LogP contribution in [0.3, 0.4) is 0 Å². The van der Waals surface area contributed by atoms with E-state index in [9.17, 15) is 0 Å². The van der Waals surface area contributed by atoms with Gasteiger partial charge >= 0.3 is 0 Å². The topological polar surface area (TPSA) is 21.3 Å². The van der Waals surface area contributed by atoms with Crippen LogP contribution in [0.4, 0.5) is 5.69 Å². The molecule has 0 spiro atoms. The summed E-state index contributed by atoms with van der Waals surface area (Å²) in [6.45, 7) is 5.71.